The van der Waals surface area contributed by atoms with Gasteiger partial charge in [0.2, 0.25) is 5.78 Å². The first kappa shape index (κ1) is 19.6. The SMILES string of the molecule is O=C1C(=O)N(CCCn2ccnc2)C(c2cccc(Cl)c2)C1c1c[nH]c2ccccc12. The number of carbonyl (C=O) groups excluding carboxylic acids is 2. The maximum Gasteiger partial charge on any atom is 0.291 e. The van der Waals surface area contributed by atoms with Gasteiger partial charge in [0.05, 0.1) is 18.3 Å². The number of benzene rings is 2. The maximum absolute atomic E-state index is 13.3. The predicted octanol–water partition coefficient (Wildman–Crippen LogP) is 4.34. The number of hydrogen-bond donors (Lipinski definition) is 1. The van der Waals surface area contributed by atoms with Crippen molar-refractivity contribution in [3.63, 3.8) is 0 Å². The number of aryl methyl sites for hydroxylation is 1. The largest absolute Gasteiger partial charge is 0.361 e. The molecule has 0 radical (unpaired) electrons. The molecular weight excluding hydrogens is 412 g/mol. The number of Topliss-reactive ketones (excluding diaryl/α,β-unsaturated/α-hetero) is 1. The molecule has 0 aliphatic carbocycles. The highest BCUT2D eigenvalue weighted by Crippen LogP contribution is 2.45. The van der Waals surface area contributed by atoms with Gasteiger partial charge in [-0.2, -0.15) is 0 Å². The number of nitrogens with zero attached hydrogens (tertiary/aromatic N) is 3. The molecule has 31 heavy (non-hydrogen) atoms. The summed E-state index contributed by atoms with van der Waals surface area (Å²) < 4.78 is 1.97. The van der Waals surface area contributed by atoms with E-state index in [-0.39, 0.29) is 5.78 Å². The number of hydrogen-bond acceptors (Lipinski definition) is 3. The second-order valence-corrected chi connectivity index (χ2v) is 8.22. The van der Waals surface area contributed by atoms with Gasteiger partial charge in [0.1, 0.15) is 0 Å². The molecule has 1 amide bonds. The lowest BCUT2D eigenvalue weighted by molar-refractivity contribution is -0.140. The van der Waals surface area contributed by atoms with Crippen molar-refractivity contribution >= 4 is 34.2 Å². The van der Waals surface area contributed by atoms with E-state index in [0.717, 1.165) is 28.6 Å². The minimum absolute atomic E-state index is 0.377. The van der Waals surface area contributed by atoms with Crippen LogP contribution in [0.5, 0.6) is 0 Å². The number of amides is 1. The van der Waals surface area contributed by atoms with Gasteiger partial charge in [-0.3, -0.25) is 9.59 Å². The van der Waals surface area contributed by atoms with Crippen molar-refractivity contribution in [1.29, 1.82) is 0 Å². The van der Waals surface area contributed by atoms with Gasteiger partial charge >= 0.3 is 0 Å². The van der Waals surface area contributed by atoms with E-state index in [1.54, 1.807) is 23.5 Å². The third-order valence-electron chi connectivity index (χ3n) is 5.93. The Hall–Kier alpha value is -3.38. The lowest BCUT2D eigenvalue weighted by Crippen LogP contribution is -2.31. The van der Waals surface area contributed by atoms with Gasteiger partial charge < -0.3 is 14.5 Å². The second-order valence-electron chi connectivity index (χ2n) is 7.78. The predicted molar refractivity (Wildman–Crippen MR) is 119 cm³/mol. The monoisotopic (exact) mass is 432 g/mol. The Labute approximate surface area is 184 Å². The van der Waals surface area contributed by atoms with E-state index in [1.165, 1.54) is 0 Å². The highest BCUT2D eigenvalue weighted by atomic mass is 35.5. The number of imidazole rings is 1. The van der Waals surface area contributed by atoms with Crippen molar-refractivity contribution in [3.05, 3.63) is 89.6 Å². The van der Waals surface area contributed by atoms with Crippen molar-refractivity contribution in [2.45, 2.75) is 24.9 Å². The van der Waals surface area contributed by atoms with Crippen LogP contribution >= 0.6 is 11.6 Å². The average molecular weight is 433 g/mol. The van der Waals surface area contributed by atoms with Gasteiger partial charge in [0, 0.05) is 47.6 Å². The van der Waals surface area contributed by atoms with Gasteiger partial charge in [0.15, 0.2) is 0 Å². The summed E-state index contributed by atoms with van der Waals surface area (Å²) in [6.45, 7) is 1.19. The van der Waals surface area contributed by atoms with Crippen LogP contribution in [0.1, 0.15) is 29.5 Å². The highest BCUT2D eigenvalue weighted by molar-refractivity contribution is 6.41. The van der Waals surface area contributed by atoms with Gasteiger partial charge in [-0.25, -0.2) is 4.98 Å². The van der Waals surface area contributed by atoms with Crippen LogP contribution in [-0.4, -0.2) is 37.7 Å². The molecule has 1 fully saturated rings. The zero-order chi connectivity index (χ0) is 21.4. The van der Waals surface area contributed by atoms with E-state index in [1.807, 2.05) is 59.4 Å². The normalized spacial score (nSPS) is 18.9. The van der Waals surface area contributed by atoms with Crippen molar-refractivity contribution in [2.24, 2.45) is 0 Å². The summed E-state index contributed by atoms with van der Waals surface area (Å²) in [5.74, 6) is -1.40. The van der Waals surface area contributed by atoms with Crippen LogP contribution < -0.4 is 0 Å². The van der Waals surface area contributed by atoms with Crippen LogP contribution in [0, 0.1) is 0 Å². The first-order valence-corrected chi connectivity index (χ1v) is 10.6. The Morgan fingerprint density at radius 2 is 1.94 bits per heavy atom. The summed E-state index contributed by atoms with van der Waals surface area (Å²) in [6, 6.07) is 14.9. The summed E-state index contributed by atoms with van der Waals surface area (Å²) in [4.78, 5) is 35.4. The van der Waals surface area contributed by atoms with E-state index in [4.69, 9.17) is 11.6 Å². The third kappa shape index (κ3) is 3.53. The van der Waals surface area contributed by atoms with E-state index in [2.05, 4.69) is 9.97 Å². The van der Waals surface area contributed by atoms with Crippen LogP contribution in [-0.2, 0) is 16.1 Å². The van der Waals surface area contributed by atoms with Crippen molar-refractivity contribution in [1.82, 2.24) is 19.4 Å². The molecule has 0 spiro atoms. The number of nitrogens with one attached hydrogen (secondary N) is 1. The second kappa shape index (κ2) is 8.04. The Morgan fingerprint density at radius 3 is 2.74 bits per heavy atom. The topological polar surface area (TPSA) is 71.0 Å². The number of carbonyl (C=O) groups is 2. The Bertz CT molecular complexity index is 1250. The summed E-state index contributed by atoms with van der Waals surface area (Å²) in [6.07, 6.45) is 7.94. The zero-order valence-corrected chi connectivity index (χ0v) is 17.5. The first-order valence-electron chi connectivity index (χ1n) is 10.3. The lowest BCUT2D eigenvalue weighted by Gasteiger charge is -2.28. The fourth-order valence-corrected chi connectivity index (χ4v) is 4.73. The molecule has 2 aromatic carbocycles. The summed E-state index contributed by atoms with van der Waals surface area (Å²) in [5.41, 5.74) is 2.65. The summed E-state index contributed by atoms with van der Waals surface area (Å²) >= 11 is 6.28. The van der Waals surface area contributed by atoms with Gasteiger partial charge in [-0.1, -0.05) is 41.9 Å². The molecular formula is C24H21ClN4O2. The Kier molecular flexibility index (Phi) is 5.08. The molecule has 1 saturated heterocycles. The quantitative estimate of drug-likeness (QED) is 0.460. The molecule has 5 rings (SSSR count). The summed E-state index contributed by atoms with van der Waals surface area (Å²) in [7, 11) is 0. The van der Waals surface area contributed by atoms with E-state index in [9.17, 15) is 9.59 Å². The van der Waals surface area contributed by atoms with Gasteiger partial charge in [-0.05, 0) is 35.7 Å². The smallest absolute Gasteiger partial charge is 0.291 e. The minimum Gasteiger partial charge on any atom is -0.361 e. The van der Waals surface area contributed by atoms with Crippen LogP contribution in [0.2, 0.25) is 5.02 Å². The van der Waals surface area contributed by atoms with E-state index < -0.39 is 17.9 Å². The highest BCUT2D eigenvalue weighted by Gasteiger charge is 2.49. The number of fused-ring (bicyclic) bond motifs is 1. The number of halogens is 1. The van der Waals surface area contributed by atoms with E-state index in [0.29, 0.717) is 18.0 Å². The van der Waals surface area contributed by atoms with Crippen molar-refractivity contribution in [3.8, 4) is 0 Å². The number of para-hydroxylation sites is 1. The number of rotatable bonds is 6. The van der Waals surface area contributed by atoms with Crippen LogP contribution in [0.25, 0.3) is 10.9 Å². The molecule has 0 bridgehead atoms. The summed E-state index contributed by atoms with van der Waals surface area (Å²) in [5, 5.41) is 1.54. The van der Waals surface area contributed by atoms with Crippen LogP contribution in [0.15, 0.2) is 73.4 Å². The van der Waals surface area contributed by atoms with Crippen LogP contribution in [0.4, 0.5) is 0 Å². The molecule has 2 atom stereocenters. The number of ketones is 1. The average Bonchev–Trinajstić information content (AvgIpc) is 3.49. The fraction of sp³-hybridized carbons (Fsp3) is 0.208. The molecule has 1 aliphatic heterocycles. The molecule has 4 aromatic rings. The number of likely N-dealkylation sites (tertiary alicyclic amines) is 1. The standard InChI is InChI=1S/C24H21ClN4O2/c25-17-6-3-5-16(13-17)22-21(19-14-27-20-8-2-1-7-18(19)20)23(30)24(31)29(22)11-4-10-28-12-9-26-15-28/h1-3,5-9,12-15,21-22,27H,4,10-11H2. The van der Waals surface area contributed by atoms with Gasteiger partial charge in [0.25, 0.3) is 5.91 Å². The molecule has 3 heterocycles. The molecule has 156 valence electrons. The minimum atomic E-state index is -0.588. The molecule has 0 saturated carbocycles. The Balaban J connectivity index is 1.54. The lowest BCUT2D eigenvalue weighted by atomic mass is 9.86. The number of aromatic amines is 1. The third-order valence-corrected chi connectivity index (χ3v) is 6.16. The molecule has 7 heteroatoms. The molecule has 1 N–H and O–H groups in total. The molecule has 1 aliphatic rings. The molecule has 2 unspecified atom stereocenters. The fourth-order valence-electron chi connectivity index (χ4n) is 4.53. The number of aromatic nitrogens is 3. The molecule has 2 aromatic heterocycles. The first-order chi connectivity index (χ1) is 15.1. The van der Waals surface area contributed by atoms with Crippen LogP contribution in [0.3, 0.4) is 0 Å². The maximum atomic E-state index is 13.3. The molecule has 6 nitrogen and oxygen atoms in total. The van der Waals surface area contributed by atoms with Crippen molar-refractivity contribution in [2.75, 3.05) is 6.54 Å². The van der Waals surface area contributed by atoms with Crippen molar-refractivity contribution < 1.29 is 9.59 Å². The Morgan fingerprint density at radius 1 is 1.06 bits per heavy atom. The number of H-pyrrole nitrogens is 1. The zero-order valence-electron chi connectivity index (χ0n) is 16.7. The van der Waals surface area contributed by atoms with Gasteiger partial charge in [-0.15, -0.1) is 0 Å². The van der Waals surface area contributed by atoms with E-state index >= 15 is 0 Å².